The van der Waals surface area contributed by atoms with Crippen LogP contribution < -0.4 is 0 Å². The molecule has 0 nitrogen and oxygen atoms in total. The fourth-order valence-electron chi connectivity index (χ4n) is 3.35. The predicted molar refractivity (Wildman–Crippen MR) is 100 cm³/mol. The first-order valence-electron chi connectivity index (χ1n) is 9.48. The molecule has 0 aliphatic heterocycles. The van der Waals surface area contributed by atoms with Gasteiger partial charge in [0.05, 0.1) is 0 Å². The van der Waals surface area contributed by atoms with Crippen molar-refractivity contribution in [3.05, 3.63) is 35.9 Å². The number of hydrogen-bond donors (Lipinski definition) is 0. The molecule has 0 unspecified atom stereocenters. The Bertz CT molecular complexity index is 370. The number of rotatable bonds is 4. The maximum absolute atomic E-state index is 2.43. The Morgan fingerprint density at radius 2 is 1.27 bits per heavy atom. The van der Waals surface area contributed by atoms with Gasteiger partial charge in [0.1, 0.15) is 0 Å². The first-order valence-corrected chi connectivity index (χ1v) is 9.48. The van der Waals surface area contributed by atoms with Crippen molar-refractivity contribution in [1.29, 1.82) is 0 Å². The van der Waals surface area contributed by atoms with Crippen molar-refractivity contribution in [3.8, 4) is 0 Å². The van der Waals surface area contributed by atoms with Crippen LogP contribution in [0.25, 0.3) is 0 Å². The second kappa shape index (κ2) is 10.1. The van der Waals surface area contributed by atoms with Crippen molar-refractivity contribution in [3.63, 3.8) is 0 Å². The van der Waals surface area contributed by atoms with Crippen LogP contribution in [0.15, 0.2) is 30.3 Å². The molecule has 1 aromatic carbocycles. The molecule has 0 spiro atoms. The van der Waals surface area contributed by atoms with Crippen molar-refractivity contribution in [1.82, 2.24) is 0 Å². The van der Waals surface area contributed by atoms with E-state index in [1.165, 1.54) is 37.7 Å². The van der Waals surface area contributed by atoms with Crippen LogP contribution in [0.2, 0.25) is 0 Å². The molecule has 0 radical (unpaired) electrons. The van der Waals surface area contributed by atoms with Gasteiger partial charge in [0.15, 0.2) is 0 Å². The molecule has 0 heteroatoms. The van der Waals surface area contributed by atoms with Crippen LogP contribution in [0, 0.1) is 23.7 Å². The standard InChI is InChI=1S/C11H22.C11H16/c2*1-9(2)10(3)11-7-5-4-6-8-11/h9-11H,4-8H2,1-3H3;4-10H,1-3H3/t2*10-/m11/s1. The summed E-state index contributed by atoms with van der Waals surface area (Å²) in [5, 5.41) is 0. The topological polar surface area (TPSA) is 0 Å². The molecule has 0 N–H and O–H groups in total. The van der Waals surface area contributed by atoms with Crippen molar-refractivity contribution < 1.29 is 0 Å². The van der Waals surface area contributed by atoms with Crippen molar-refractivity contribution >= 4 is 0 Å². The molecule has 2 rings (SSSR count). The van der Waals surface area contributed by atoms with Gasteiger partial charge in [-0.2, -0.15) is 0 Å². The summed E-state index contributed by atoms with van der Waals surface area (Å²) in [6, 6.07) is 10.7. The first-order chi connectivity index (χ1) is 10.4. The highest BCUT2D eigenvalue weighted by molar-refractivity contribution is 5.18. The van der Waals surface area contributed by atoms with E-state index in [1.807, 2.05) is 0 Å². The van der Waals surface area contributed by atoms with Gasteiger partial charge in [-0.05, 0) is 35.2 Å². The third-order valence-corrected chi connectivity index (χ3v) is 5.77. The van der Waals surface area contributed by atoms with Crippen LogP contribution in [0.1, 0.15) is 85.1 Å². The molecule has 1 aromatic rings. The lowest BCUT2D eigenvalue weighted by Gasteiger charge is -2.30. The molecule has 2 atom stereocenters. The minimum atomic E-state index is 0.677. The van der Waals surface area contributed by atoms with E-state index in [9.17, 15) is 0 Å². The van der Waals surface area contributed by atoms with Crippen LogP contribution in [0.3, 0.4) is 0 Å². The molecule has 0 aromatic heterocycles. The van der Waals surface area contributed by atoms with E-state index in [0.29, 0.717) is 5.92 Å². The summed E-state index contributed by atoms with van der Waals surface area (Å²) in [5.41, 5.74) is 1.45. The smallest absolute Gasteiger partial charge is 0.0167 e. The Hall–Kier alpha value is -0.780. The zero-order chi connectivity index (χ0) is 16.5. The maximum atomic E-state index is 2.43. The Balaban J connectivity index is 0.000000220. The summed E-state index contributed by atoms with van der Waals surface area (Å²) < 4.78 is 0. The fourth-order valence-corrected chi connectivity index (χ4v) is 3.35. The van der Waals surface area contributed by atoms with Crippen molar-refractivity contribution in [2.75, 3.05) is 0 Å². The molecule has 1 aliphatic carbocycles. The molecule has 0 saturated heterocycles. The summed E-state index contributed by atoms with van der Waals surface area (Å²) in [6.07, 6.45) is 7.46. The van der Waals surface area contributed by atoms with Gasteiger partial charge in [-0.15, -0.1) is 0 Å². The van der Waals surface area contributed by atoms with E-state index < -0.39 is 0 Å². The van der Waals surface area contributed by atoms with Gasteiger partial charge < -0.3 is 0 Å². The quantitative estimate of drug-likeness (QED) is 0.547. The van der Waals surface area contributed by atoms with Gasteiger partial charge >= 0.3 is 0 Å². The zero-order valence-electron chi connectivity index (χ0n) is 15.8. The molecule has 1 saturated carbocycles. The third kappa shape index (κ3) is 6.55. The Morgan fingerprint density at radius 1 is 0.727 bits per heavy atom. The van der Waals surface area contributed by atoms with Gasteiger partial charge in [-0.25, -0.2) is 0 Å². The highest BCUT2D eigenvalue weighted by atomic mass is 14.3. The molecular formula is C22H38. The van der Waals surface area contributed by atoms with E-state index in [0.717, 1.165) is 23.7 Å². The molecule has 0 amide bonds. The molecule has 1 fully saturated rings. The lowest BCUT2D eigenvalue weighted by Crippen LogP contribution is -2.19. The maximum Gasteiger partial charge on any atom is -0.0167 e. The van der Waals surface area contributed by atoms with Crippen LogP contribution in [-0.4, -0.2) is 0 Å². The number of benzene rings is 1. The molecular weight excluding hydrogens is 264 g/mol. The van der Waals surface area contributed by atoms with E-state index in [-0.39, 0.29) is 0 Å². The van der Waals surface area contributed by atoms with Crippen LogP contribution in [0.4, 0.5) is 0 Å². The lowest BCUT2D eigenvalue weighted by molar-refractivity contribution is 0.213. The minimum Gasteiger partial charge on any atom is -0.0625 e. The lowest BCUT2D eigenvalue weighted by atomic mass is 9.76. The summed E-state index contributed by atoms with van der Waals surface area (Å²) in [7, 11) is 0. The third-order valence-electron chi connectivity index (χ3n) is 5.77. The molecule has 126 valence electrons. The summed E-state index contributed by atoms with van der Waals surface area (Å²) in [5.74, 6) is 4.30. The first kappa shape index (κ1) is 19.3. The highest BCUT2D eigenvalue weighted by Gasteiger charge is 2.21. The molecule has 0 heterocycles. The second-order valence-electron chi connectivity index (χ2n) is 7.94. The van der Waals surface area contributed by atoms with Crippen molar-refractivity contribution in [2.45, 2.75) is 79.6 Å². The van der Waals surface area contributed by atoms with Crippen molar-refractivity contribution in [2.24, 2.45) is 23.7 Å². The average Bonchev–Trinajstić information content (AvgIpc) is 2.55. The van der Waals surface area contributed by atoms with Crippen LogP contribution in [-0.2, 0) is 0 Å². The van der Waals surface area contributed by atoms with Gasteiger partial charge in [0.25, 0.3) is 0 Å². The average molecular weight is 303 g/mol. The minimum absolute atomic E-state index is 0.677. The van der Waals surface area contributed by atoms with Gasteiger partial charge in [0, 0.05) is 0 Å². The van der Waals surface area contributed by atoms with E-state index in [1.54, 1.807) is 0 Å². The normalized spacial score (nSPS) is 18.7. The Morgan fingerprint density at radius 3 is 1.73 bits per heavy atom. The van der Waals surface area contributed by atoms with Gasteiger partial charge in [0.2, 0.25) is 0 Å². The van der Waals surface area contributed by atoms with Gasteiger partial charge in [-0.1, -0.05) is 104 Å². The summed E-state index contributed by atoms with van der Waals surface area (Å²) >= 11 is 0. The van der Waals surface area contributed by atoms with E-state index >= 15 is 0 Å². The second-order valence-corrected chi connectivity index (χ2v) is 7.94. The SMILES string of the molecule is CC(C)[C@@H](C)C1CCCCC1.CC(C)[C@@H](C)c1ccccc1. The zero-order valence-corrected chi connectivity index (χ0v) is 15.8. The van der Waals surface area contributed by atoms with Gasteiger partial charge in [-0.3, -0.25) is 0 Å². The number of hydrogen-bond acceptors (Lipinski definition) is 0. The summed E-state index contributed by atoms with van der Waals surface area (Å²) in [4.78, 5) is 0. The van der Waals surface area contributed by atoms with E-state index in [4.69, 9.17) is 0 Å². The molecule has 0 bridgehead atoms. The summed E-state index contributed by atoms with van der Waals surface area (Å²) in [6.45, 7) is 14.0. The Labute approximate surface area is 139 Å². The monoisotopic (exact) mass is 302 g/mol. The predicted octanol–water partition coefficient (Wildman–Crippen LogP) is 7.30. The van der Waals surface area contributed by atoms with E-state index in [2.05, 4.69) is 71.9 Å². The highest BCUT2D eigenvalue weighted by Crippen LogP contribution is 2.33. The fraction of sp³-hybridized carbons (Fsp3) is 0.727. The largest absolute Gasteiger partial charge is 0.0625 e. The Kier molecular flexibility index (Phi) is 8.83. The molecule has 22 heavy (non-hydrogen) atoms. The molecule has 1 aliphatic rings. The van der Waals surface area contributed by atoms with Crippen LogP contribution in [0.5, 0.6) is 0 Å². The van der Waals surface area contributed by atoms with Crippen LogP contribution >= 0.6 is 0 Å².